The highest BCUT2D eigenvalue weighted by molar-refractivity contribution is 5.85. The third kappa shape index (κ3) is 2.56. The molecule has 100 valence electrons. The monoisotopic (exact) mass is 281 g/mol. The minimum Gasteiger partial charge on any atom is -0.504 e. The number of benzene rings is 1. The second-order valence-corrected chi connectivity index (χ2v) is 3.66. The first-order valence-electron chi connectivity index (χ1n) is 4.73. The molecule has 3 N–H and O–H groups in total. The van der Waals surface area contributed by atoms with Crippen molar-refractivity contribution < 1.29 is 28.5 Å². The number of hydrogen-bond acceptors (Lipinski definition) is 4. The van der Waals surface area contributed by atoms with Gasteiger partial charge >= 0.3 is 12.0 Å². The van der Waals surface area contributed by atoms with Gasteiger partial charge in [0.05, 0.1) is 0 Å². The summed E-state index contributed by atoms with van der Waals surface area (Å²) in [5.74, 6) is -4.23. The quantitative estimate of drug-likeness (QED) is 0.687. The summed E-state index contributed by atoms with van der Waals surface area (Å²) in [6, 6.07) is 1.65. The molecule has 1 aliphatic heterocycles. The van der Waals surface area contributed by atoms with Gasteiger partial charge in [-0.05, 0) is 17.7 Å². The third-order valence-corrected chi connectivity index (χ3v) is 2.41. The maximum atomic E-state index is 13.5. The second-order valence-electron chi connectivity index (χ2n) is 3.66. The number of halogens is 3. The SMILES string of the molecule is Cl.O=C1N[C@H](c2ccc(O)c(O)c2)C(F)(F)CO1. The lowest BCUT2D eigenvalue weighted by atomic mass is 9.99. The van der Waals surface area contributed by atoms with Crippen LogP contribution in [0.3, 0.4) is 0 Å². The van der Waals surface area contributed by atoms with Gasteiger partial charge in [0.15, 0.2) is 18.1 Å². The van der Waals surface area contributed by atoms with Crippen LogP contribution in [0.25, 0.3) is 0 Å². The van der Waals surface area contributed by atoms with Crippen LogP contribution in [0.15, 0.2) is 18.2 Å². The van der Waals surface area contributed by atoms with Crippen LogP contribution in [0.2, 0.25) is 0 Å². The van der Waals surface area contributed by atoms with E-state index in [0.29, 0.717) is 0 Å². The van der Waals surface area contributed by atoms with Crippen LogP contribution in [0.5, 0.6) is 11.5 Å². The van der Waals surface area contributed by atoms with Gasteiger partial charge in [0.2, 0.25) is 0 Å². The van der Waals surface area contributed by atoms with Gasteiger partial charge in [-0.1, -0.05) is 6.07 Å². The highest BCUT2D eigenvalue weighted by Gasteiger charge is 2.46. The number of phenolic OH excluding ortho intramolecular Hbond substituents is 2. The van der Waals surface area contributed by atoms with E-state index in [0.717, 1.165) is 12.1 Å². The van der Waals surface area contributed by atoms with E-state index in [4.69, 9.17) is 5.11 Å². The zero-order chi connectivity index (χ0) is 12.6. The summed E-state index contributed by atoms with van der Waals surface area (Å²) >= 11 is 0. The molecule has 0 radical (unpaired) electrons. The highest BCUT2D eigenvalue weighted by Crippen LogP contribution is 2.37. The van der Waals surface area contributed by atoms with Crippen molar-refractivity contribution in [3.63, 3.8) is 0 Å². The summed E-state index contributed by atoms with van der Waals surface area (Å²) in [5.41, 5.74) is -0.0121. The van der Waals surface area contributed by atoms with E-state index in [9.17, 15) is 18.7 Å². The number of hydrogen-bond donors (Lipinski definition) is 3. The van der Waals surface area contributed by atoms with Crippen molar-refractivity contribution in [1.29, 1.82) is 0 Å². The van der Waals surface area contributed by atoms with Crippen LogP contribution >= 0.6 is 12.4 Å². The standard InChI is InChI=1S/C10H9F2NO4.ClH/c11-10(12)4-17-9(16)13-8(10)5-1-2-6(14)7(15)3-5;/h1-3,8,14-15H,4H2,(H,13,16);1H/t8-;/m1./s1. The van der Waals surface area contributed by atoms with E-state index < -0.39 is 36.2 Å². The van der Waals surface area contributed by atoms with Gasteiger partial charge in [-0.2, -0.15) is 0 Å². The number of amides is 1. The van der Waals surface area contributed by atoms with Gasteiger partial charge in [0.25, 0.3) is 0 Å². The molecule has 1 saturated heterocycles. The lowest BCUT2D eigenvalue weighted by Gasteiger charge is -2.31. The number of aromatic hydroxyl groups is 2. The average Bonchev–Trinajstić information content (AvgIpc) is 2.26. The van der Waals surface area contributed by atoms with Crippen LogP contribution in [0.4, 0.5) is 13.6 Å². The molecule has 1 amide bonds. The molecular weight excluding hydrogens is 272 g/mol. The van der Waals surface area contributed by atoms with E-state index in [2.05, 4.69) is 4.74 Å². The lowest BCUT2D eigenvalue weighted by molar-refractivity contribution is -0.104. The Morgan fingerprint density at radius 3 is 2.61 bits per heavy atom. The molecule has 0 aromatic heterocycles. The maximum absolute atomic E-state index is 13.5. The minimum atomic E-state index is -3.28. The minimum absolute atomic E-state index is 0. The molecule has 1 aromatic rings. The van der Waals surface area contributed by atoms with Crippen LogP contribution in [-0.2, 0) is 4.74 Å². The molecule has 0 aliphatic carbocycles. The van der Waals surface area contributed by atoms with Crippen LogP contribution < -0.4 is 5.32 Å². The Hall–Kier alpha value is -1.76. The Kier molecular flexibility index (Phi) is 3.85. The predicted octanol–water partition coefficient (Wildman–Crippen LogP) is 1.94. The van der Waals surface area contributed by atoms with Crippen LogP contribution in [0, 0.1) is 0 Å². The van der Waals surface area contributed by atoms with E-state index in [1.165, 1.54) is 6.07 Å². The van der Waals surface area contributed by atoms with Gasteiger partial charge in [-0.3, -0.25) is 0 Å². The fraction of sp³-hybridized carbons (Fsp3) is 0.300. The van der Waals surface area contributed by atoms with E-state index in [-0.39, 0.29) is 18.0 Å². The number of phenols is 2. The summed E-state index contributed by atoms with van der Waals surface area (Å²) in [6.45, 7) is -1.02. The van der Waals surface area contributed by atoms with E-state index in [1.807, 2.05) is 5.32 Å². The molecule has 1 aromatic carbocycles. The summed E-state index contributed by atoms with van der Waals surface area (Å²) in [6.07, 6.45) is -0.950. The smallest absolute Gasteiger partial charge is 0.408 e. The topological polar surface area (TPSA) is 78.8 Å². The zero-order valence-corrected chi connectivity index (χ0v) is 9.71. The lowest BCUT2D eigenvalue weighted by Crippen LogP contribution is -2.49. The maximum Gasteiger partial charge on any atom is 0.408 e. The number of alkyl halides is 2. The van der Waals surface area contributed by atoms with Crippen molar-refractivity contribution in [2.24, 2.45) is 0 Å². The van der Waals surface area contributed by atoms with Crippen molar-refractivity contribution in [2.45, 2.75) is 12.0 Å². The van der Waals surface area contributed by atoms with E-state index in [1.54, 1.807) is 0 Å². The number of alkyl carbamates (subject to hydrolysis) is 1. The summed E-state index contributed by atoms with van der Waals surface area (Å²) in [4.78, 5) is 10.9. The Morgan fingerprint density at radius 2 is 2.00 bits per heavy atom. The first-order chi connectivity index (χ1) is 7.90. The molecule has 1 heterocycles. The van der Waals surface area contributed by atoms with Gasteiger partial charge in [-0.15, -0.1) is 12.4 Å². The molecule has 0 bridgehead atoms. The Balaban J connectivity index is 0.00000162. The summed E-state index contributed by atoms with van der Waals surface area (Å²) in [7, 11) is 0. The fourth-order valence-electron chi connectivity index (χ4n) is 1.56. The molecule has 0 spiro atoms. The number of carbonyl (C=O) groups excluding carboxylic acids is 1. The highest BCUT2D eigenvalue weighted by atomic mass is 35.5. The fourth-order valence-corrected chi connectivity index (χ4v) is 1.56. The Bertz CT molecular complexity index is 469. The van der Waals surface area contributed by atoms with Crippen molar-refractivity contribution in [3.8, 4) is 11.5 Å². The van der Waals surface area contributed by atoms with E-state index >= 15 is 0 Å². The van der Waals surface area contributed by atoms with Crippen molar-refractivity contribution in [2.75, 3.05) is 6.61 Å². The first-order valence-corrected chi connectivity index (χ1v) is 4.73. The zero-order valence-electron chi connectivity index (χ0n) is 8.89. The van der Waals surface area contributed by atoms with Gasteiger partial charge in [0.1, 0.15) is 6.04 Å². The van der Waals surface area contributed by atoms with Crippen LogP contribution in [-0.4, -0.2) is 28.8 Å². The summed E-state index contributed by atoms with van der Waals surface area (Å²) < 4.78 is 31.1. The summed E-state index contributed by atoms with van der Waals surface area (Å²) in [5, 5.41) is 20.3. The molecule has 8 heteroatoms. The number of nitrogens with one attached hydrogen (secondary N) is 1. The van der Waals surface area contributed by atoms with Crippen molar-refractivity contribution in [1.82, 2.24) is 5.32 Å². The molecule has 0 unspecified atom stereocenters. The first kappa shape index (κ1) is 14.3. The second kappa shape index (κ2) is 4.85. The van der Waals surface area contributed by atoms with Crippen LogP contribution in [0.1, 0.15) is 11.6 Å². The molecule has 1 atom stereocenters. The number of cyclic esters (lactones) is 1. The average molecular weight is 282 g/mol. The molecule has 2 rings (SSSR count). The molecular formula is C10H10ClF2NO4. The van der Waals surface area contributed by atoms with Gasteiger partial charge in [0, 0.05) is 0 Å². The molecule has 1 fully saturated rings. The Morgan fingerprint density at radius 1 is 1.33 bits per heavy atom. The van der Waals surface area contributed by atoms with Gasteiger partial charge < -0.3 is 20.3 Å². The van der Waals surface area contributed by atoms with Crippen molar-refractivity contribution >= 4 is 18.5 Å². The third-order valence-electron chi connectivity index (χ3n) is 2.41. The molecule has 5 nitrogen and oxygen atoms in total. The Labute approximate surface area is 107 Å². The van der Waals surface area contributed by atoms with Crippen molar-refractivity contribution in [3.05, 3.63) is 23.8 Å². The molecule has 1 aliphatic rings. The normalized spacial score (nSPS) is 21.4. The molecule has 18 heavy (non-hydrogen) atoms. The largest absolute Gasteiger partial charge is 0.504 e. The number of carbonyl (C=O) groups is 1. The number of rotatable bonds is 1. The van der Waals surface area contributed by atoms with Gasteiger partial charge in [-0.25, -0.2) is 13.6 Å². The molecule has 0 saturated carbocycles. The number of ether oxygens (including phenoxy) is 1. The predicted molar refractivity (Wildman–Crippen MR) is 59.2 cm³/mol.